The minimum Gasteiger partial charge on any atom is -0.489 e. The van der Waals surface area contributed by atoms with E-state index in [0.717, 1.165) is 18.0 Å². The average Bonchev–Trinajstić information content (AvgIpc) is 2.33. The molecule has 0 aromatic carbocycles. The lowest BCUT2D eigenvalue weighted by atomic mass is 10.1. The molecule has 1 unspecified atom stereocenters. The highest BCUT2D eigenvalue weighted by Crippen LogP contribution is 2.23. The van der Waals surface area contributed by atoms with Gasteiger partial charge in [-0.15, -0.1) is 0 Å². The molecule has 0 aliphatic rings. The first-order chi connectivity index (χ1) is 9.02. The second kappa shape index (κ2) is 8.43. The summed E-state index contributed by atoms with van der Waals surface area (Å²) in [6, 6.07) is 2.43. The Hall–Kier alpha value is -0.740. The first-order valence-electron chi connectivity index (χ1n) is 6.99. The molecule has 19 heavy (non-hydrogen) atoms. The van der Waals surface area contributed by atoms with Gasteiger partial charge in [0, 0.05) is 18.0 Å². The van der Waals surface area contributed by atoms with Crippen LogP contribution in [0.25, 0.3) is 0 Å². The Balaban J connectivity index is 2.76. The van der Waals surface area contributed by atoms with Gasteiger partial charge in [0.1, 0.15) is 5.75 Å². The molecule has 3 nitrogen and oxygen atoms in total. The summed E-state index contributed by atoms with van der Waals surface area (Å²) in [5.41, 5.74) is 1.20. The molecule has 0 spiro atoms. The number of hydrogen-bond acceptors (Lipinski definition) is 4. The van der Waals surface area contributed by atoms with Crippen molar-refractivity contribution >= 4 is 11.8 Å². The van der Waals surface area contributed by atoms with Crippen molar-refractivity contribution in [3.63, 3.8) is 0 Å². The molecular weight excluding hydrogens is 256 g/mol. The highest BCUT2D eigenvalue weighted by Gasteiger charge is 2.13. The molecule has 4 heteroatoms. The van der Waals surface area contributed by atoms with E-state index < -0.39 is 0 Å². The van der Waals surface area contributed by atoms with E-state index in [4.69, 9.17) is 4.74 Å². The third-order valence-corrected chi connectivity index (χ3v) is 3.75. The normalized spacial score (nSPS) is 13.0. The second-order valence-electron chi connectivity index (χ2n) is 5.11. The fraction of sp³-hybridized carbons (Fsp3) is 0.667. The highest BCUT2D eigenvalue weighted by molar-refractivity contribution is 7.99. The summed E-state index contributed by atoms with van der Waals surface area (Å²) in [7, 11) is 0. The van der Waals surface area contributed by atoms with Crippen LogP contribution in [0.5, 0.6) is 5.75 Å². The molecule has 0 saturated heterocycles. The Morgan fingerprint density at radius 2 is 2.00 bits per heavy atom. The van der Waals surface area contributed by atoms with E-state index >= 15 is 0 Å². The van der Waals surface area contributed by atoms with E-state index in [-0.39, 0.29) is 6.10 Å². The Morgan fingerprint density at radius 3 is 2.58 bits per heavy atom. The van der Waals surface area contributed by atoms with Crippen molar-refractivity contribution in [2.45, 2.75) is 52.0 Å². The number of nitrogens with zero attached hydrogens (tertiary/aromatic N) is 1. The van der Waals surface area contributed by atoms with Crippen molar-refractivity contribution in [2.24, 2.45) is 0 Å². The quantitative estimate of drug-likeness (QED) is 0.789. The first kappa shape index (κ1) is 16.3. The summed E-state index contributed by atoms with van der Waals surface area (Å²) >= 11 is 1.96. The fourth-order valence-corrected chi connectivity index (χ4v) is 2.66. The summed E-state index contributed by atoms with van der Waals surface area (Å²) in [5, 5.41) is 4.16. The summed E-state index contributed by atoms with van der Waals surface area (Å²) in [6.45, 7) is 11.6. The van der Waals surface area contributed by atoms with Gasteiger partial charge in [0.2, 0.25) is 0 Å². The van der Waals surface area contributed by atoms with E-state index in [1.54, 1.807) is 6.20 Å². The lowest BCUT2D eigenvalue weighted by Crippen LogP contribution is -2.23. The van der Waals surface area contributed by atoms with Crippen molar-refractivity contribution in [1.29, 1.82) is 0 Å². The van der Waals surface area contributed by atoms with E-state index in [9.17, 15) is 0 Å². The molecule has 1 N–H and O–H groups in total. The Bertz CT molecular complexity index is 369. The van der Waals surface area contributed by atoms with Crippen molar-refractivity contribution in [2.75, 3.05) is 12.3 Å². The molecule has 0 amide bonds. The summed E-state index contributed by atoms with van der Waals surface area (Å²) in [4.78, 5) is 4.29. The average molecular weight is 282 g/mol. The molecule has 0 saturated carbocycles. The zero-order chi connectivity index (χ0) is 14.3. The molecule has 0 aliphatic heterocycles. The number of ether oxygens (including phenoxy) is 1. The number of rotatable bonds is 8. The van der Waals surface area contributed by atoms with Crippen LogP contribution in [-0.4, -0.2) is 28.6 Å². The largest absolute Gasteiger partial charge is 0.489 e. The lowest BCUT2D eigenvalue weighted by molar-refractivity contribution is 0.241. The van der Waals surface area contributed by atoms with E-state index in [2.05, 4.69) is 37.1 Å². The van der Waals surface area contributed by atoms with Crippen LogP contribution in [0.15, 0.2) is 18.5 Å². The minimum atomic E-state index is 0.180. The number of nitrogens with one attached hydrogen (secondary N) is 1. The van der Waals surface area contributed by atoms with Crippen LogP contribution in [0.1, 0.15) is 46.2 Å². The summed E-state index contributed by atoms with van der Waals surface area (Å²) in [5.74, 6) is 1.91. The van der Waals surface area contributed by atoms with E-state index in [1.165, 1.54) is 5.56 Å². The maximum atomic E-state index is 5.71. The van der Waals surface area contributed by atoms with Gasteiger partial charge in [0.25, 0.3) is 0 Å². The van der Waals surface area contributed by atoms with Crippen LogP contribution in [0, 0.1) is 0 Å². The van der Waals surface area contributed by atoms with Gasteiger partial charge in [-0.3, -0.25) is 4.98 Å². The van der Waals surface area contributed by atoms with Crippen molar-refractivity contribution in [1.82, 2.24) is 10.3 Å². The molecule has 1 aromatic rings. The van der Waals surface area contributed by atoms with Crippen LogP contribution in [0.2, 0.25) is 0 Å². The predicted molar refractivity (Wildman–Crippen MR) is 84.0 cm³/mol. The maximum absolute atomic E-state index is 5.71. The number of thioether (sulfide) groups is 1. The van der Waals surface area contributed by atoms with Gasteiger partial charge in [-0.05, 0) is 37.3 Å². The van der Waals surface area contributed by atoms with Crippen LogP contribution in [-0.2, 0) is 0 Å². The highest BCUT2D eigenvalue weighted by atomic mass is 32.2. The van der Waals surface area contributed by atoms with E-state index in [1.807, 2.05) is 31.8 Å². The van der Waals surface area contributed by atoms with Gasteiger partial charge < -0.3 is 10.1 Å². The molecule has 0 fully saturated rings. The zero-order valence-electron chi connectivity index (χ0n) is 12.6. The molecule has 1 rings (SSSR count). The molecule has 108 valence electrons. The molecular formula is C15H26N2OS. The molecule has 1 heterocycles. The van der Waals surface area contributed by atoms with Crippen LogP contribution >= 0.6 is 11.8 Å². The minimum absolute atomic E-state index is 0.180. The zero-order valence-corrected chi connectivity index (χ0v) is 13.5. The standard InChI is InChI=1S/C15H26N2OS/c1-6-17-15(10-19-12(4)5)13-7-14(9-16-8-13)18-11(2)3/h7-9,11-12,15,17H,6,10H2,1-5H3. The Labute approximate surface area is 121 Å². The Morgan fingerprint density at radius 1 is 1.26 bits per heavy atom. The smallest absolute Gasteiger partial charge is 0.138 e. The summed E-state index contributed by atoms with van der Waals surface area (Å²) in [6.07, 6.45) is 3.89. The fourth-order valence-electron chi connectivity index (χ4n) is 1.77. The van der Waals surface area contributed by atoms with Crippen LogP contribution < -0.4 is 10.1 Å². The molecule has 1 atom stereocenters. The van der Waals surface area contributed by atoms with Gasteiger partial charge in [0.15, 0.2) is 0 Å². The van der Waals surface area contributed by atoms with Gasteiger partial charge in [-0.1, -0.05) is 20.8 Å². The van der Waals surface area contributed by atoms with Gasteiger partial charge in [-0.2, -0.15) is 11.8 Å². The van der Waals surface area contributed by atoms with Crippen LogP contribution in [0.4, 0.5) is 0 Å². The lowest BCUT2D eigenvalue weighted by Gasteiger charge is -2.20. The van der Waals surface area contributed by atoms with Gasteiger partial charge >= 0.3 is 0 Å². The number of hydrogen-bond donors (Lipinski definition) is 1. The van der Waals surface area contributed by atoms with Crippen molar-refractivity contribution < 1.29 is 4.74 Å². The molecule has 0 aliphatic carbocycles. The SMILES string of the molecule is CCNC(CSC(C)C)c1cncc(OC(C)C)c1. The van der Waals surface area contributed by atoms with Crippen molar-refractivity contribution in [3.05, 3.63) is 24.0 Å². The van der Waals surface area contributed by atoms with Gasteiger partial charge in [-0.25, -0.2) is 0 Å². The third-order valence-electron chi connectivity index (χ3n) is 2.56. The Kier molecular flexibility index (Phi) is 7.24. The monoisotopic (exact) mass is 282 g/mol. The molecule has 0 bridgehead atoms. The molecule has 0 radical (unpaired) electrons. The van der Waals surface area contributed by atoms with E-state index in [0.29, 0.717) is 11.3 Å². The van der Waals surface area contributed by atoms with Crippen LogP contribution in [0.3, 0.4) is 0 Å². The first-order valence-corrected chi connectivity index (χ1v) is 8.04. The third kappa shape index (κ3) is 6.30. The number of pyridine rings is 1. The second-order valence-corrected chi connectivity index (χ2v) is 6.72. The van der Waals surface area contributed by atoms with Gasteiger partial charge in [0.05, 0.1) is 12.3 Å². The van der Waals surface area contributed by atoms with Crippen molar-refractivity contribution in [3.8, 4) is 5.75 Å². The number of aromatic nitrogens is 1. The topological polar surface area (TPSA) is 34.2 Å². The summed E-state index contributed by atoms with van der Waals surface area (Å²) < 4.78 is 5.71. The predicted octanol–water partition coefficient (Wildman–Crippen LogP) is 3.66. The molecule has 1 aromatic heterocycles. The maximum Gasteiger partial charge on any atom is 0.138 e.